The second-order valence-corrected chi connectivity index (χ2v) is 12.2. The van der Waals surface area contributed by atoms with Gasteiger partial charge in [-0.2, -0.15) is 16.8 Å². The lowest BCUT2D eigenvalue weighted by Gasteiger charge is -2.26. The molecule has 0 saturated heterocycles. The number of nitrogens with one attached hydrogen (secondary N) is 1. The quantitative estimate of drug-likeness (QED) is 0.169. The second-order valence-electron chi connectivity index (χ2n) is 7.15. The maximum Gasteiger partial charge on any atom is 0.270 e. The molecule has 1 N–H and O–H groups in total. The normalized spacial score (nSPS) is 12.8. The third-order valence-corrected chi connectivity index (χ3v) is 6.63. The fourth-order valence-corrected chi connectivity index (χ4v) is 4.54. The summed E-state index contributed by atoms with van der Waals surface area (Å²) in [5.74, 6) is 0. The summed E-state index contributed by atoms with van der Waals surface area (Å²) in [7, 11) is -8.37. The highest BCUT2D eigenvalue weighted by atomic mass is 32.2. The van der Waals surface area contributed by atoms with Crippen molar-refractivity contribution in [3.8, 4) is 0 Å². The zero-order valence-electron chi connectivity index (χ0n) is 18.6. The van der Waals surface area contributed by atoms with Crippen LogP contribution in [-0.4, -0.2) is 101 Å². The van der Waals surface area contributed by atoms with Crippen LogP contribution in [0.2, 0.25) is 0 Å². The monoisotopic (exact) mass is 532 g/mol. The van der Waals surface area contributed by atoms with Crippen LogP contribution in [0.5, 0.6) is 0 Å². The molecule has 0 bridgehead atoms. The average Bonchev–Trinajstić information content (AvgIpc) is 2.64. The number of likely N-dealkylation sites (N-methyl/N-ethyl adjacent to an activating group) is 1. The van der Waals surface area contributed by atoms with Crippen LogP contribution >= 0.6 is 0 Å². The molecule has 17 heteroatoms. The smallest absolute Gasteiger partial charge is 0.270 e. The summed E-state index contributed by atoms with van der Waals surface area (Å²) < 4.78 is 82.8. The van der Waals surface area contributed by atoms with Gasteiger partial charge >= 0.3 is 0 Å². The van der Waals surface area contributed by atoms with Gasteiger partial charge in [0.25, 0.3) is 25.9 Å². The van der Waals surface area contributed by atoms with E-state index in [0.29, 0.717) is 6.54 Å². The van der Waals surface area contributed by atoms with Crippen LogP contribution in [0.25, 0.3) is 0 Å². The first kappa shape index (κ1) is 29.1. The molecule has 14 nitrogen and oxygen atoms in total. The lowest BCUT2D eigenvalue weighted by Crippen LogP contribution is -2.35. The zero-order valence-corrected chi connectivity index (χ0v) is 21.1. The van der Waals surface area contributed by atoms with Crippen molar-refractivity contribution in [2.45, 2.75) is 4.90 Å². The summed E-state index contributed by atoms with van der Waals surface area (Å²) in [4.78, 5) is 13.1. The maximum atomic E-state index is 12.9. The summed E-state index contributed by atoms with van der Waals surface area (Å²) in [5, 5.41) is 11.2. The number of nitro benzene ring substituents is 1. The Morgan fingerprint density at radius 1 is 0.939 bits per heavy atom. The number of sulfonamides is 1. The second kappa shape index (κ2) is 12.0. The molecule has 0 radical (unpaired) electrons. The molecular formula is C16H28N4O10S3. The van der Waals surface area contributed by atoms with Crippen LogP contribution in [0.3, 0.4) is 0 Å². The van der Waals surface area contributed by atoms with Gasteiger partial charge in [0.2, 0.25) is 10.0 Å². The molecule has 0 spiro atoms. The number of anilines is 1. The molecule has 190 valence electrons. The van der Waals surface area contributed by atoms with E-state index in [2.05, 4.69) is 4.72 Å². The van der Waals surface area contributed by atoms with E-state index in [1.54, 1.807) is 19.0 Å². The van der Waals surface area contributed by atoms with Crippen LogP contribution in [0.4, 0.5) is 11.4 Å². The van der Waals surface area contributed by atoms with Gasteiger partial charge in [-0.15, -0.1) is 0 Å². The Kier molecular flexibility index (Phi) is 10.6. The molecule has 0 atom stereocenters. The molecule has 0 unspecified atom stereocenters. The summed E-state index contributed by atoms with van der Waals surface area (Å²) in [6.07, 6.45) is 1.67. The number of rotatable bonds is 15. The largest absolute Gasteiger partial charge is 0.366 e. The third kappa shape index (κ3) is 11.2. The van der Waals surface area contributed by atoms with E-state index < -0.39 is 45.8 Å². The van der Waals surface area contributed by atoms with Gasteiger partial charge in [-0.05, 0) is 20.2 Å². The summed E-state index contributed by atoms with van der Waals surface area (Å²) in [6.45, 7) is -0.760. The first-order valence-corrected chi connectivity index (χ1v) is 14.5. The molecule has 1 aromatic rings. The number of hydrogen-bond acceptors (Lipinski definition) is 12. The Morgan fingerprint density at radius 2 is 1.45 bits per heavy atom. The fourth-order valence-electron chi connectivity index (χ4n) is 2.52. The molecule has 1 aromatic carbocycles. The maximum absolute atomic E-state index is 12.9. The van der Waals surface area contributed by atoms with Gasteiger partial charge in [0, 0.05) is 38.3 Å². The van der Waals surface area contributed by atoms with E-state index in [1.807, 2.05) is 0 Å². The SMILES string of the molecule is CN(C)CCNS(=O)(=O)c1cc([N+](=O)[O-])ccc1N(CCOS(C)(=O)=O)CCOS(C)(=O)=O. The molecule has 0 aliphatic rings. The molecule has 0 saturated carbocycles. The fraction of sp³-hybridized carbons (Fsp3) is 0.625. The van der Waals surface area contributed by atoms with Gasteiger partial charge in [-0.3, -0.25) is 18.5 Å². The molecule has 0 aliphatic heterocycles. The molecule has 0 amide bonds. The minimum atomic E-state index is -4.24. The van der Waals surface area contributed by atoms with Crippen molar-refractivity contribution in [3.63, 3.8) is 0 Å². The lowest BCUT2D eigenvalue weighted by molar-refractivity contribution is -0.385. The first-order chi connectivity index (χ1) is 15.0. The predicted molar refractivity (Wildman–Crippen MR) is 121 cm³/mol. The first-order valence-electron chi connectivity index (χ1n) is 9.38. The number of nitrogens with zero attached hydrogens (tertiary/aromatic N) is 3. The predicted octanol–water partition coefficient (Wildman–Crippen LogP) is -0.806. The van der Waals surface area contributed by atoms with Crippen molar-refractivity contribution in [2.24, 2.45) is 0 Å². The highest BCUT2D eigenvalue weighted by molar-refractivity contribution is 7.89. The molecule has 0 heterocycles. The highest BCUT2D eigenvalue weighted by Gasteiger charge is 2.25. The van der Waals surface area contributed by atoms with E-state index in [9.17, 15) is 35.4 Å². The Bertz CT molecular complexity index is 1100. The molecule has 33 heavy (non-hydrogen) atoms. The number of non-ortho nitro benzene ring substituents is 1. The van der Waals surface area contributed by atoms with Crippen molar-refractivity contribution in [3.05, 3.63) is 28.3 Å². The van der Waals surface area contributed by atoms with E-state index >= 15 is 0 Å². The Morgan fingerprint density at radius 3 is 1.88 bits per heavy atom. The standard InChI is InChI=1S/C16H28N4O10S3/c1-18(2)8-7-17-33(27,28)16-13-14(20(21)22)5-6-15(16)19(9-11-29-31(3,23)24)10-12-30-32(4,25)26/h5-6,13,17H,7-12H2,1-4H3. The van der Waals surface area contributed by atoms with Gasteiger partial charge in [-0.1, -0.05) is 0 Å². The third-order valence-electron chi connectivity index (χ3n) is 3.95. The van der Waals surface area contributed by atoms with Crippen LogP contribution in [0.15, 0.2) is 23.1 Å². The van der Waals surface area contributed by atoms with Gasteiger partial charge in [0.15, 0.2) is 0 Å². The number of hydrogen-bond donors (Lipinski definition) is 1. The minimum absolute atomic E-state index is 0.0197. The van der Waals surface area contributed by atoms with E-state index in [1.165, 1.54) is 11.0 Å². The zero-order chi connectivity index (χ0) is 25.4. The van der Waals surface area contributed by atoms with Crippen molar-refractivity contribution in [2.75, 3.05) is 70.9 Å². The van der Waals surface area contributed by atoms with Gasteiger partial charge < -0.3 is 9.80 Å². The Labute approximate surface area is 193 Å². The van der Waals surface area contributed by atoms with E-state index in [-0.39, 0.29) is 38.5 Å². The van der Waals surface area contributed by atoms with Crippen molar-refractivity contribution in [1.82, 2.24) is 9.62 Å². The van der Waals surface area contributed by atoms with E-state index in [0.717, 1.165) is 24.6 Å². The molecule has 0 aliphatic carbocycles. The van der Waals surface area contributed by atoms with Crippen LogP contribution in [0.1, 0.15) is 0 Å². The van der Waals surface area contributed by atoms with Crippen LogP contribution in [0, 0.1) is 10.1 Å². The minimum Gasteiger partial charge on any atom is -0.366 e. The van der Waals surface area contributed by atoms with Gasteiger partial charge in [0.1, 0.15) is 4.90 Å². The summed E-state index contributed by atoms with van der Waals surface area (Å²) in [5.41, 5.74) is -0.501. The van der Waals surface area contributed by atoms with E-state index in [4.69, 9.17) is 8.37 Å². The van der Waals surface area contributed by atoms with Crippen molar-refractivity contribution < 1.29 is 38.5 Å². The topological polar surface area (TPSA) is 183 Å². The highest BCUT2D eigenvalue weighted by Crippen LogP contribution is 2.29. The Hall–Kier alpha value is -1.89. The van der Waals surface area contributed by atoms with Gasteiger partial charge in [0.05, 0.1) is 36.3 Å². The van der Waals surface area contributed by atoms with Crippen molar-refractivity contribution in [1.29, 1.82) is 0 Å². The molecule has 0 aromatic heterocycles. The molecular weight excluding hydrogens is 504 g/mol. The lowest BCUT2D eigenvalue weighted by atomic mass is 10.2. The van der Waals surface area contributed by atoms with Crippen LogP contribution < -0.4 is 9.62 Å². The van der Waals surface area contributed by atoms with Crippen molar-refractivity contribution >= 4 is 41.6 Å². The summed E-state index contributed by atoms with van der Waals surface area (Å²) in [6, 6.07) is 3.13. The molecule has 1 rings (SSSR count). The Balaban J connectivity index is 3.38. The average molecular weight is 533 g/mol. The number of benzene rings is 1. The van der Waals surface area contributed by atoms with Crippen LogP contribution in [-0.2, 0) is 38.6 Å². The number of nitro groups is 1. The summed E-state index contributed by atoms with van der Waals surface area (Å²) >= 11 is 0. The van der Waals surface area contributed by atoms with Gasteiger partial charge in [-0.25, -0.2) is 13.1 Å². The molecule has 0 fully saturated rings.